The molecule has 1 unspecified atom stereocenters. The number of carbonyl (C=O) groups excluding carboxylic acids is 1. The Morgan fingerprint density at radius 2 is 1.84 bits per heavy atom. The van der Waals surface area contributed by atoms with Crippen molar-refractivity contribution in [1.82, 2.24) is 25.1 Å². The lowest BCUT2D eigenvalue weighted by molar-refractivity contribution is -0.169. The summed E-state index contributed by atoms with van der Waals surface area (Å²) in [6.45, 7) is 3.92. The lowest BCUT2D eigenvalue weighted by atomic mass is 9.94. The number of hydrogen-bond donors (Lipinski definition) is 1. The van der Waals surface area contributed by atoms with Crippen molar-refractivity contribution in [3.05, 3.63) is 83.1 Å². The highest BCUT2D eigenvalue weighted by molar-refractivity contribution is 7.15. The first kappa shape index (κ1) is 29.6. The van der Waals surface area contributed by atoms with Gasteiger partial charge in [0.2, 0.25) is 0 Å². The fraction of sp³-hybridized carbons (Fsp3) is 0.290. The number of carbonyl (C=O) groups is 1. The summed E-state index contributed by atoms with van der Waals surface area (Å²) in [5.74, 6) is -0.192. The summed E-state index contributed by atoms with van der Waals surface area (Å²) in [5.41, 5.74) is 2.59. The van der Waals surface area contributed by atoms with E-state index in [-0.39, 0.29) is 16.7 Å². The maximum Gasteiger partial charge on any atom is 0.472 e. The molecule has 0 saturated carbocycles. The number of rotatable bonds is 8. The fourth-order valence-electron chi connectivity index (χ4n) is 5.25. The van der Waals surface area contributed by atoms with Crippen molar-refractivity contribution in [2.45, 2.75) is 38.4 Å². The van der Waals surface area contributed by atoms with Crippen molar-refractivity contribution in [1.29, 1.82) is 0 Å². The third-order valence-corrected chi connectivity index (χ3v) is 8.26. The van der Waals surface area contributed by atoms with E-state index < -0.39 is 12.1 Å². The molecule has 1 aliphatic rings. The molecule has 6 rings (SSSR count). The summed E-state index contributed by atoms with van der Waals surface area (Å²) in [7, 11) is 1.62. The average Bonchev–Trinajstić information content (AvgIpc) is 3.62. The summed E-state index contributed by atoms with van der Waals surface area (Å²) in [6.07, 6.45) is -0.0222. The quantitative estimate of drug-likeness (QED) is 0.205. The molecule has 3 aromatic heterocycles. The van der Waals surface area contributed by atoms with Crippen LogP contribution in [0.5, 0.6) is 17.2 Å². The summed E-state index contributed by atoms with van der Waals surface area (Å²) in [5, 5.41) is 9.18. The third kappa shape index (κ3) is 6.10. The van der Waals surface area contributed by atoms with Crippen LogP contribution in [0.4, 0.5) is 24.0 Å². The molecule has 0 spiro atoms. The Balaban J connectivity index is 1.34. The summed E-state index contributed by atoms with van der Waals surface area (Å²) < 4.78 is 54.0. The number of nitrogens with one attached hydrogen (secondary N) is 1. The van der Waals surface area contributed by atoms with E-state index in [1.807, 2.05) is 28.9 Å². The zero-order valence-corrected chi connectivity index (χ0v) is 24.8. The van der Waals surface area contributed by atoms with Gasteiger partial charge in [-0.05, 0) is 74.3 Å². The van der Waals surface area contributed by atoms with Crippen molar-refractivity contribution in [3.8, 4) is 17.2 Å². The number of piperidine rings is 1. The van der Waals surface area contributed by atoms with Gasteiger partial charge < -0.3 is 14.8 Å². The van der Waals surface area contributed by atoms with Crippen LogP contribution < -0.4 is 19.7 Å². The van der Waals surface area contributed by atoms with E-state index in [1.54, 1.807) is 26.3 Å². The number of hydrogen-bond acceptors (Lipinski definition) is 8. The number of amides is 1. The lowest BCUT2D eigenvalue weighted by Gasteiger charge is -2.22. The predicted molar refractivity (Wildman–Crippen MR) is 161 cm³/mol. The van der Waals surface area contributed by atoms with Crippen LogP contribution in [-0.2, 0) is 11.3 Å². The van der Waals surface area contributed by atoms with Crippen LogP contribution in [0, 0.1) is 6.92 Å². The number of nitrogens with zero attached hydrogens (tertiary/aromatic N) is 5. The molecule has 9 nitrogen and oxygen atoms in total. The van der Waals surface area contributed by atoms with Crippen molar-refractivity contribution < 1.29 is 27.4 Å². The lowest BCUT2D eigenvalue weighted by Crippen LogP contribution is -2.38. The largest absolute Gasteiger partial charge is 0.497 e. The Morgan fingerprint density at radius 1 is 1.09 bits per heavy atom. The van der Waals surface area contributed by atoms with Crippen molar-refractivity contribution in [2.24, 2.45) is 0 Å². The van der Waals surface area contributed by atoms with Crippen molar-refractivity contribution in [3.63, 3.8) is 0 Å². The molecule has 228 valence electrons. The standard InChI is InChI=1S/C31H29F3N6O3S/c1-19-16-37-30(44-19)40(29(41)31(32,33)34)22-7-11-24(12-8-22)43-25-13-15-36-28-26(25)27(21-4-3-14-35-17-21)38-39(28)18-20-5-9-23(42-2)10-6-20/h5-13,15-16,21,35H,3-4,14,17-18H2,1-2H3. The second kappa shape index (κ2) is 12.2. The summed E-state index contributed by atoms with van der Waals surface area (Å²) in [4.78, 5) is 22.3. The van der Waals surface area contributed by atoms with Gasteiger partial charge in [-0.25, -0.2) is 19.5 Å². The number of aromatic nitrogens is 4. The molecule has 44 heavy (non-hydrogen) atoms. The zero-order chi connectivity index (χ0) is 30.8. The van der Waals surface area contributed by atoms with Crippen LogP contribution in [0.15, 0.2) is 67.0 Å². The van der Waals surface area contributed by atoms with E-state index in [0.29, 0.717) is 33.5 Å². The second-order valence-corrected chi connectivity index (χ2v) is 11.6. The Bertz CT molecular complexity index is 1760. The van der Waals surface area contributed by atoms with Gasteiger partial charge in [-0.2, -0.15) is 18.3 Å². The number of benzene rings is 2. The van der Waals surface area contributed by atoms with Gasteiger partial charge in [0.15, 0.2) is 10.8 Å². The Morgan fingerprint density at radius 3 is 2.48 bits per heavy atom. The third-order valence-electron chi connectivity index (χ3n) is 7.37. The number of thiazole rings is 1. The minimum Gasteiger partial charge on any atom is -0.497 e. The van der Waals surface area contributed by atoms with Gasteiger partial charge in [0.1, 0.15) is 17.2 Å². The van der Waals surface area contributed by atoms with E-state index in [1.165, 1.54) is 30.5 Å². The molecule has 1 atom stereocenters. The molecule has 1 fully saturated rings. The molecule has 0 aliphatic carbocycles. The normalized spacial score (nSPS) is 15.3. The topological polar surface area (TPSA) is 94.4 Å². The van der Waals surface area contributed by atoms with E-state index in [0.717, 1.165) is 59.7 Å². The van der Waals surface area contributed by atoms with E-state index in [4.69, 9.17) is 14.6 Å². The average molecular weight is 623 g/mol. The van der Waals surface area contributed by atoms with Gasteiger partial charge in [-0.15, -0.1) is 11.3 Å². The smallest absolute Gasteiger partial charge is 0.472 e. The number of pyridine rings is 1. The molecular weight excluding hydrogens is 593 g/mol. The Labute approximate surface area is 255 Å². The maximum atomic E-state index is 13.5. The molecule has 5 aromatic rings. The van der Waals surface area contributed by atoms with Gasteiger partial charge in [0, 0.05) is 29.7 Å². The van der Waals surface area contributed by atoms with Gasteiger partial charge in [0.25, 0.3) is 0 Å². The molecule has 1 N–H and O–H groups in total. The number of aryl methyl sites for hydroxylation is 1. The van der Waals surface area contributed by atoms with Gasteiger partial charge in [-0.1, -0.05) is 12.1 Å². The molecule has 0 bridgehead atoms. The van der Waals surface area contributed by atoms with Crippen LogP contribution in [-0.4, -0.2) is 52.0 Å². The summed E-state index contributed by atoms with van der Waals surface area (Å²) >= 11 is 0.998. The molecule has 1 amide bonds. The second-order valence-electron chi connectivity index (χ2n) is 10.4. The first-order valence-electron chi connectivity index (χ1n) is 14.0. The number of fused-ring (bicyclic) bond motifs is 1. The highest BCUT2D eigenvalue weighted by Gasteiger charge is 2.44. The van der Waals surface area contributed by atoms with E-state index in [9.17, 15) is 18.0 Å². The van der Waals surface area contributed by atoms with Gasteiger partial charge >= 0.3 is 12.1 Å². The van der Waals surface area contributed by atoms with Gasteiger partial charge in [-0.3, -0.25) is 4.79 Å². The fourth-order valence-corrected chi connectivity index (χ4v) is 6.02. The van der Waals surface area contributed by atoms with Gasteiger partial charge in [0.05, 0.1) is 30.4 Å². The van der Waals surface area contributed by atoms with Crippen LogP contribution in [0.3, 0.4) is 0 Å². The van der Waals surface area contributed by atoms with Crippen LogP contribution >= 0.6 is 11.3 Å². The zero-order valence-electron chi connectivity index (χ0n) is 24.0. The molecule has 1 saturated heterocycles. The Hall–Kier alpha value is -4.49. The van der Waals surface area contributed by atoms with Crippen molar-refractivity contribution in [2.75, 3.05) is 25.1 Å². The molecule has 0 radical (unpaired) electrons. The maximum absolute atomic E-state index is 13.5. The first-order valence-corrected chi connectivity index (χ1v) is 14.8. The number of halogens is 3. The SMILES string of the molecule is COc1ccc(Cn2nc(C3CCCNC3)c3c(Oc4ccc(N(C(=O)C(F)(F)F)c5ncc(C)s5)cc4)ccnc32)cc1. The minimum absolute atomic E-state index is 0.0233. The van der Waals surface area contributed by atoms with Crippen LogP contribution in [0.2, 0.25) is 0 Å². The minimum atomic E-state index is -5.08. The number of alkyl halides is 3. The Kier molecular flexibility index (Phi) is 8.23. The number of methoxy groups -OCH3 is 1. The molecule has 1 aliphatic heterocycles. The van der Waals surface area contributed by atoms with Crippen LogP contribution in [0.1, 0.15) is 34.9 Å². The molecule has 2 aromatic carbocycles. The highest BCUT2D eigenvalue weighted by atomic mass is 32.1. The predicted octanol–water partition coefficient (Wildman–Crippen LogP) is 6.74. The van der Waals surface area contributed by atoms with Crippen molar-refractivity contribution >= 4 is 39.1 Å². The molecule has 4 heterocycles. The van der Waals surface area contributed by atoms with E-state index >= 15 is 0 Å². The van der Waals surface area contributed by atoms with E-state index in [2.05, 4.69) is 15.3 Å². The monoisotopic (exact) mass is 622 g/mol. The van der Waals surface area contributed by atoms with Crippen LogP contribution in [0.25, 0.3) is 11.0 Å². The molecular formula is C31H29F3N6O3S. The summed E-state index contributed by atoms with van der Waals surface area (Å²) in [6, 6.07) is 15.4. The number of anilines is 2. The first-order chi connectivity index (χ1) is 21.2. The molecule has 13 heteroatoms. The number of ether oxygens (including phenoxy) is 2. The highest BCUT2D eigenvalue weighted by Crippen LogP contribution is 2.38.